The second-order valence-electron chi connectivity index (χ2n) is 3.19. The first-order chi connectivity index (χ1) is 6.18. The lowest BCUT2D eigenvalue weighted by molar-refractivity contribution is 0.384. The maximum Gasteiger partial charge on any atom is 0.0507 e. The Kier molecular flexibility index (Phi) is 2.62. The summed E-state index contributed by atoms with van der Waals surface area (Å²) in [6.45, 7) is 1.09. The minimum atomic E-state index is 0.439. The highest BCUT2D eigenvalue weighted by atomic mass is 79.9. The van der Waals surface area contributed by atoms with E-state index in [2.05, 4.69) is 43.2 Å². The first kappa shape index (κ1) is 9.49. The third-order valence-corrected chi connectivity index (χ3v) is 3.44. The molecule has 0 saturated carbocycles. The first-order valence-corrected chi connectivity index (χ1v) is 5.75. The van der Waals surface area contributed by atoms with E-state index in [0.717, 1.165) is 21.2 Å². The fraction of sp³-hybridized carbons (Fsp3) is 0.333. The van der Waals surface area contributed by atoms with Gasteiger partial charge in [-0.3, -0.25) is 0 Å². The fourth-order valence-corrected chi connectivity index (χ4v) is 2.71. The topological polar surface area (TPSA) is 38.0 Å². The molecule has 1 heterocycles. The third kappa shape index (κ3) is 1.75. The molecule has 1 atom stereocenters. The Morgan fingerprint density at radius 2 is 2.08 bits per heavy atom. The number of benzene rings is 1. The third-order valence-electron chi connectivity index (χ3n) is 2.33. The van der Waals surface area contributed by atoms with Gasteiger partial charge in [0.1, 0.15) is 0 Å². The molecule has 1 saturated heterocycles. The largest absolute Gasteiger partial charge is 0.398 e. The van der Waals surface area contributed by atoms with Crippen LogP contribution in [0.5, 0.6) is 0 Å². The van der Waals surface area contributed by atoms with Crippen molar-refractivity contribution in [1.29, 1.82) is 0 Å². The van der Waals surface area contributed by atoms with E-state index in [-0.39, 0.29) is 0 Å². The molecule has 4 heteroatoms. The van der Waals surface area contributed by atoms with Crippen molar-refractivity contribution in [3.8, 4) is 0 Å². The normalized spacial score (nSPS) is 21.2. The molecule has 0 aromatic heterocycles. The number of anilines is 1. The van der Waals surface area contributed by atoms with Crippen molar-refractivity contribution in [2.24, 2.45) is 0 Å². The Bertz CT molecular complexity index is 335. The predicted molar refractivity (Wildman–Crippen MR) is 61.6 cm³/mol. The molecule has 2 rings (SSSR count). The minimum Gasteiger partial charge on any atom is -0.398 e. The molecule has 0 bridgehead atoms. The first-order valence-electron chi connectivity index (χ1n) is 4.16. The van der Waals surface area contributed by atoms with Crippen LogP contribution in [-0.2, 0) is 0 Å². The van der Waals surface area contributed by atoms with E-state index in [1.165, 1.54) is 12.0 Å². The van der Waals surface area contributed by atoms with Gasteiger partial charge >= 0.3 is 0 Å². The molecule has 1 aromatic carbocycles. The molecule has 0 unspecified atom stereocenters. The molecule has 13 heavy (non-hydrogen) atoms. The van der Waals surface area contributed by atoms with Crippen LogP contribution in [0.25, 0.3) is 0 Å². The molecular formula is C9H10Br2N2. The average Bonchev–Trinajstić information content (AvgIpc) is 1.95. The van der Waals surface area contributed by atoms with Crippen molar-refractivity contribution >= 4 is 37.5 Å². The van der Waals surface area contributed by atoms with Crippen LogP contribution in [-0.4, -0.2) is 6.54 Å². The van der Waals surface area contributed by atoms with E-state index in [1.807, 2.05) is 6.07 Å². The molecule has 70 valence electrons. The Labute approximate surface area is 94.1 Å². The number of hydrogen-bond acceptors (Lipinski definition) is 2. The van der Waals surface area contributed by atoms with Crippen LogP contribution in [0.4, 0.5) is 5.69 Å². The van der Waals surface area contributed by atoms with Gasteiger partial charge in [-0.05, 0) is 46.6 Å². The van der Waals surface area contributed by atoms with Crippen LogP contribution in [0.15, 0.2) is 21.1 Å². The molecule has 1 aliphatic rings. The molecule has 3 N–H and O–H groups in total. The van der Waals surface area contributed by atoms with E-state index in [9.17, 15) is 0 Å². The van der Waals surface area contributed by atoms with Gasteiger partial charge in [0.15, 0.2) is 0 Å². The summed E-state index contributed by atoms with van der Waals surface area (Å²) in [5.74, 6) is 0. The van der Waals surface area contributed by atoms with Gasteiger partial charge in [-0.25, -0.2) is 0 Å². The van der Waals surface area contributed by atoms with E-state index >= 15 is 0 Å². The standard InChI is InChI=1S/C9H10Br2N2/c10-5-3-6(8-1-2-13-8)9(12)7(11)4-5/h3-4,8,13H,1-2,12H2/t8-/m1/s1. The van der Waals surface area contributed by atoms with Crippen LogP contribution in [0.2, 0.25) is 0 Å². The van der Waals surface area contributed by atoms with Crippen LogP contribution in [0.3, 0.4) is 0 Å². The van der Waals surface area contributed by atoms with Gasteiger partial charge in [0.25, 0.3) is 0 Å². The smallest absolute Gasteiger partial charge is 0.0507 e. The maximum absolute atomic E-state index is 5.95. The molecule has 2 nitrogen and oxygen atoms in total. The van der Waals surface area contributed by atoms with Crippen LogP contribution in [0, 0.1) is 0 Å². The Morgan fingerprint density at radius 3 is 2.62 bits per heavy atom. The summed E-state index contributed by atoms with van der Waals surface area (Å²) in [5, 5.41) is 3.34. The zero-order chi connectivity index (χ0) is 9.42. The SMILES string of the molecule is Nc1c(Br)cc(Br)cc1[C@H]1CCN1. The number of nitrogens with two attached hydrogens (primary N) is 1. The summed E-state index contributed by atoms with van der Waals surface area (Å²) in [6.07, 6.45) is 1.17. The summed E-state index contributed by atoms with van der Waals surface area (Å²) in [7, 11) is 0. The molecule has 0 amide bonds. The van der Waals surface area contributed by atoms with E-state index in [1.54, 1.807) is 0 Å². The van der Waals surface area contributed by atoms with Gasteiger partial charge in [0, 0.05) is 15.0 Å². The number of hydrogen-bond donors (Lipinski definition) is 2. The molecule has 1 aromatic rings. The Balaban J connectivity index is 2.42. The highest BCUT2D eigenvalue weighted by Gasteiger charge is 2.21. The summed E-state index contributed by atoms with van der Waals surface area (Å²) in [4.78, 5) is 0. The van der Waals surface area contributed by atoms with Crippen molar-refractivity contribution in [1.82, 2.24) is 5.32 Å². The van der Waals surface area contributed by atoms with Gasteiger partial charge < -0.3 is 11.1 Å². The number of nitrogen functional groups attached to an aromatic ring is 1. The Hall–Kier alpha value is -0.0600. The lowest BCUT2D eigenvalue weighted by Gasteiger charge is -2.29. The van der Waals surface area contributed by atoms with Gasteiger partial charge in [0.2, 0.25) is 0 Å². The number of halogens is 2. The molecule has 0 spiro atoms. The highest BCUT2D eigenvalue weighted by molar-refractivity contribution is 9.11. The summed E-state index contributed by atoms with van der Waals surface area (Å²) in [6, 6.07) is 4.49. The molecular weight excluding hydrogens is 296 g/mol. The van der Waals surface area contributed by atoms with Crippen molar-refractivity contribution in [2.75, 3.05) is 12.3 Å². The minimum absolute atomic E-state index is 0.439. The monoisotopic (exact) mass is 304 g/mol. The lowest BCUT2D eigenvalue weighted by atomic mass is 9.97. The van der Waals surface area contributed by atoms with Crippen LogP contribution >= 0.6 is 31.9 Å². The molecule has 1 fully saturated rings. The zero-order valence-corrected chi connectivity index (χ0v) is 10.2. The zero-order valence-electron chi connectivity index (χ0n) is 6.98. The van der Waals surface area contributed by atoms with E-state index in [0.29, 0.717) is 6.04 Å². The van der Waals surface area contributed by atoms with Crippen molar-refractivity contribution in [3.05, 3.63) is 26.6 Å². The van der Waals surface area contributed by atoms with Gasteiger partial charge in [-0.2, -0.15) is 0 Å². The van der Waals surface area contributed by atoms with E-state index in [4.69, 9.17) is 5.73 Å². The quantitative estimate of drug-likeness (QED) is 0.783. The predicted octanol–water partition coefficient (Wildman–Crippen LogP) is 2.83. The second-order valence-corrected chi connectivity index (χ2v) is 4.96. The van der Waals surface area contributed by atoms with Crippen molar-refractivity contribution < 1.29 is 0 Å². The lowest BCUT2D eigenvalue weighted by Crippen LogP contribution is -2.35. The van der Waals surface area contributed by atoms with Crippen LogP contribution < -0.4 is 11.1 Å². The van der Waals surface area contributed by atoms with E-state index < -0.39 is 0 Å². The average molecular weight is 306 g/mol. The maximum atomic E-state index is 5.95. The summed E-state index contributed by atoms with van der Waals surface area (Å²) < 4.78 is 2.03. The van der Waals surface area contributed by atoms with Crippen molar-refractivity contribution in [2.45, 2.75) is 12.5 Å². The Morgan fingerprint density at radius 1 is 1.38 bits per heavy atom. The number of rotatable bonds is 1. The molecule has 0 aliphatic carbocycles. The number of nitrogens with one attached hydrogen (secondary N) is 1. The van der Waals surface area contributed by atoms with Gasteiger partial charge in [-0.1, -0.05) is 15.9 Å². The van der Waals surface area contributed by atoms with Crippen molar-refractivity contribution in [3.63, 3.8) is 0 Å². The highest BCUT2D eigenvalue weighted by Crippen LogP contribution is 2.35. The summed E-state index contributed by atoms with van der Waals surface area (Å²) in [5.41, 5.74) is 7.99. The molecule has 1 aliphatic heterocycles. The van der Waals surface area contributed by atoms with Crippen LogP contribution in [0.1, 0.15) is 18.0 Å². The van der Waals surface area contributed by atoms with Gasteiger partial charge in [0.05, 0.1) is 5.69 Å². The molecule has 0 radical (unpaired) electrons. The summed E-state index contributed by atoms with van der Waals surface area (Å²) >= 11 is 6.89. The second kappa shape index (κ2) is 3.59. The fourth-order valence-electron chi connectivity index (χ4n) is 1.45. The van der Waals surface area contributed by atoms with Gasteiger partial charge in [-0.15, -0.1) is 0 Å².